The highest BCUT2D eigenvalue weighted by molar-refractivity contribution is 6.31. The topological polar surface area (TPSA) is 63.8 Å². The second-order valence-corrected chi connectivity index (χ2v) is 5.35. The second kappa shape index (κ2) is 5.70. The van der Waals surface area contributed by atoms with E-state index in [4.69, 9.17) is 16.0 Å². The van der Waals surface area contributed by atoms with Crippen LogP contribution in [0.25, 0.3) is 22.6 Å². The van der Waals surface area contributed by atoms with Crippen LogP contribution >= 0.6 is 11.6 Å². The summed E-state index contributed by atoms with van der Waals surface area (Å²) in [6.45, 7) is 0. The Kier molecular flexibility index (Phi) is 3.40. The molecule has 0 saturated heterocycles. The normalized spacial score (nSPS) is 10.8. The summed E-state index contributed by atoms with van der Waals surface area (Å²) in [5, 5.41) is 3.75. The van der Waals surface area contributed by atoms with Gasteiger partial charge in [-0.15, -0.1) is 0 Å². The zero-order valence-corrected chi connectivity index (χ0v) is 12.7. The van der Waals surface area contributed by atoms with E-state index in [1.165, 1.54) is 0 Å². The zero-order chi connectivity index (χ0) is 15.6. The molecule has 0 radical (unpaired) electrons. The van der Waals surface area contributed by atoms with Crippen LogP contribution < -0.4 is 5.32 Å². The summed E-state index contributed by atoms with van der Waals surface area (Å²) in [5.41, 5.74) is 3.02. The third kappa shape index (κ3) is 2.86. The Hall–Kier alpha value is -2.92. The van der Waals surface area contributed by atoms with Gasteiger partial charge in [-0.3, -0.25) is 0 Å². The van der Waals surface area contributed by atoms with Gasteiger partial charge in [-0.1, -0.05) is 29.8 Å². The number of anilines is 2. The average Bonchev–Trinajstić information content (AvgIpc) is 2.99. The van der Waals surface area contributed by atoms with Crippen molar-refractivity contribution >= 4 is 34.3 Å². The summed E-state index contributed by atoms with van der Waals surface area (Å²) in [5.74, 6) is 0.979. The van der Waals surface area contributed by atoms with E-state index in [2.05, 4.69) is 20.3 Å². The van der Waals surface area contributed by atoms with E-state index in [9.17, 15) is 0 Å². The van der Waals surface area contributed by atoms with E-state index in [0.29, 0.717) is 33.5 Å². The first kappa shape index (κ1) is 13.7. The Morgan fingerprint density at radius 3 is 2.52 bits per heavy atom. The molecule has 0 fully saturated rings. The Morgan fingerprint density at radius 1 is 0.957 bits per heavy atom. The maximum atomic E-state index is 5.96. The molecule has 2 aromatic carbocycles. The van der Waals surface area contributed by atoms with Crippen molar-refractivity contribution in [3.63, 3.8) is 0 Å². The molecule has 4 rings (SSSR count). The molecule has 0 aliphatic heterocycles. The highest BCUT2D eigenvalue weighted by Crippen LogP contribution is 2.25. The highest BCUT2D eigenvalue weighted by atomic mass is 35.5. The first-order chi connectivity index (χ1) is 11.3. The summed E-state index contributed by atoms with van der Waals surface area (Å²) in [7, 11) is 0. The van der Waals surface area contributed by atoms with E-state index in [1.807, 2.05) is 30.3 Å². The van der Waals surface area contributed by atoms with Gasteiger partial charge in [0.15, 0.2) is 5.58 Å². The molecule has 0 aliphatic rings. The maximum absolute atomic E-state index is 5.96. The highest BCUT2D eigenvalue weighted by Gasteiger charge is 2.09. The third-order valence-corrected chi connectivity index (χ3v) is 3.51. The van der Waals surface area contributed by atoms with Crippen LogP contribution in [-0.4, -0.2) is 15.0 Å². The minimum Gasteiger partial charge on any atom is -0.436 e. The van der Waals surface area contributed by atoms with E-state index < -0.39 is 0 Å². The molecule has 112 valence electrons. The lowest BCUT2D eigenvalue weighted by molar-refractivity contribution is 0.619. The molecule has 0 spiro atoms. The quantitative estimate of drug-likeness (QED) is 0.593. The molecule has 5 nitrogen and oxygen atoms in total. The van der Waals surface area contributed by atoms with Crippen LogP contribution in [0.3, 0.4) is 0 Å². The third-order valence-electron chi connectivity index (χ3n) is 3.28. The molecule has 4 aromatic rings. The smallest absolute Gasteiger partial charge is 0.230 e. The fourth-order valence-corrected chi connectivity index (χ4v) is 2.34. The molecular formula is C17H11ClN4O. The molecule has 23 heavy (non-hydrogen) atoms. The maximum Gasteiger partial charge on any atom is 0.230 e. The predicted molar refractivity (Wildman–Crippen MR) is 89.8 cm³/mol. The van der Waals surface area contributed by atoms with Gasteiger partial charge in [-0.05, 0) is 30.3 Å². The minimum atomic E-state index is 0.466. The van der Waals surface area contributed by atoms with Crippen LogP contribution in [0.4, 0.5) is 11.6 Å². The van der Waals surface area contributed by atoms with Gasteiger partial charge in [0.05, 0.1) is 5.56 Å². The number of benzene rings is 2. The number of nitrogens with one attached hydrogen (secondary N) is 1. The van der Waals surface area contributed by atoms with Gasteiger partial charge in [-0.2, -0.15) is 0 Å². The van der Waals surface area contributed by atoms with Gasteiger partial charge in [-0.25, -0.2) is 15.0 Å². The number of fused-ring (bicyclic) bond motifs is 1. The number of hydrogen-bond acceptors (Lipinski definition) is 5. The van der Waals surface area contributed by atoms with Crippen molar-refractivity contribution in [1.82, 2.24) is 15.0 Å². The first-order valence-corrected chi connectivity index (χ1v) is 7.36. The summed E-state index contributed by atoms with van der Waals surface area (Å²) in [6, 6.07) is 15.1. The van der Waals surface area contributed by atoms with Crippen LogP contribution in [0, 0.1) is 0 Å². The number of rotatable bonds is 3. The monoisotopic (exact) mass is 322 g/mol. The molecule has 0 atom stereocenters. The van der Waals surface area contributed by atoms with E-state index in [-0.39, 0.29) is 0 Å². The molecule has 0 aliphatic carbocycles. The average molecular weight is 323 g/mol. The number of hydrogen-bond donors (Lipinski definition) is 1. The molecule has 2 aromatic heterocycles. The number of halogens is 1. The van der Waals surface area contributed by atoms with Crippen molar-refractivity contribution in [1.29, 1.82) is 0 Å². The largest absolute Gasteiger partial charge is 0.436 e. The van der Waals surface area contributed by atoms with Crippen molar-refractivity contribution in [2.75, 3.05) is 5.32 Å². The molecule has 0 unspecified atom stereocenters. The minimum absolute atomic E-state index is 0.466. The standard InChI is InChI=1S/C17H11ClN4O/c18-12-6-7-15-14(8-12)22-16(23-15)11-9-19-17(20-10-11)21-13-4-2-1-3-5-13/h1-10H,(H,19,20,21). The van der Waals surface area contributed by atoms with Gasteiger partial charge >= 0.3 is 0 Å². The summed E-state index contributed by atoms with van der Waals surface area (Å²) < 4.78 is 5.70. The van der Waals surface area contributed by atoms with Crippen LogP contribution in [0.5, 0.6) is 0 Å². The van der Waals surface area contributed by atoms with Crippen molar-refractivity contribution in [2.24, 2.45) is 0 Å². The fraction of sp³-hybridized carbons (Fsp3) is 0. The SMILES string of the molecule is Clc1ccc2oc(-c3cnc(Nc4ccccc4)nc3)nc2c1. The fourth-order valence-electron chi connectivity index (χ4n) is 2.18. The summed E-state index contributed by atoms with van der Waals surface area (Å²) in [6.07, 6.45) is 3.34. The Bertz CT molecular complexity index is 951. The summed E-state index contributed by atoms with van der Waals surface area (Å²) in [4.78, 5) is 13.0. The van der Waals surface area contributed by atoms with Crippen molar-refractivity contribution < 1.29 is 4.42 Å². The predicted octanol–water partition coefficient (Wildman–Crippen LogP) is 4.68. The van der Waals surface area contributed by atoms with Crippen LogP contribution in [0.2, 0.25) is 5.02 Å². The van der Waals surface area contributed by atoms with Gasteiger partial charge in [0, 0.05) is 23.1 Å². The van der Waals surface area contributed by atoms with Crippen molar-refractivity contribution in [3.8, 4) is 11.5 Å². The molecule has 0 saturated carbocycles. The lowest BCUT2D eigenvalue weighted by Crippen LogP contribution is -1.96. The Labute approximate surface area is 137 Å². The number of nitrogens with zero attached hydrogens (tertiary/aromatic N) is 3. The van der Waals surface area contributed by atoms with E-state index in [1.54, 1.807) is 30.6 Å². The number of aromatic nitrogens is 3. The Morgan fingerprint density at radius 2 is 1.74 bits per heavy atom. The molecule has 6 heteroatoms. The molecule has 2 heterocycles. The molecular weight excluding hydrogens is 312 g/mol. The van der Waals surface area contributed by atoms with Crippen LogP contribution in [0.15, 0.2) is 65.3 Å². The first-order valence-electron chi connectivity index (χ1n) is 6.98. The van der Waals surface area contributed by atoms with E-state index in [0.717, 1.165) is 5.69 Å². The molecule has 0 amide bonds. The van der Waals surface area contributed by atoms with Crippen molar-refractivity contribution in [2.45, 2.75) is 0 Å². The number of oxazole rings is 1. The van der Waals surface area contributed by atoms with Gasteiger partial charge in [0.1, 0.15) is 5.52 Å². The second-order valence-electron chi connectivity index (χ2n) is 4.92. The van der Waals surface area contributed by atoms with Crippen LogP contribution in [-0.2, 0) is 0 Å². The zero-order valence-electron chi connectivity index (χ0n) is 11.9. The van der Waals surface area contributed by atoms with Gasteiger partial charge in [0.25, 0.3) is 0 Å². The van der Waals surface area contributed by atoms with E-state index >= 15 is 0 Å². The Balaban J connectivity index is 1.61. The van der Waals surface area contributed by atoms with Crippen LogP contribution in [0.1, 0.15) is 0 Å². The van der Waals surface area contributed by atoms with Gasteiger partial charge in [0.2, 0.25) is 11.8 Å². The lowest BCUT2D eigenvalue weighted by Gasteiger charge is -2.03. The molecule has 1 N–H and O–H groups in total. The van der Waals surface area contributed by atoms with Gasteiger partial charge < -0.3 is 9.73 Å². The van der Waals surface area contributed by atoms with Crippen molar-refractivity contribution in [3.05, 3.63) is 65.9 Å². The summed E-state index contributed by atoms with van der Waals surface area (Å²) >= 11 is 5.96. The number of para-hydroxylation sites is 1. The lowest BCUT2D eigenvalue weighted by atomic mass is 10.3. The molecule has 0 bridgehead atoms.